The quantitative estimate of drug-likeness (QED) is 0.785. The van der Waals surface area contributed by atoms with E-state index >= 15 is 0 Å². The number of hydrogen-bond donors (Lipinski definition) is 0. The van der Waals surface area contributed by atoms with Crippen molar-refractivity contribution in [2.45, 2.75) is 31.3 Å². The Balaban J connectivity index is 1.93. The Morgan fingerprint density at radius 3 is 2.41 bits per heavy atom. The molecule has 0 aromatic heterocycles. The van der Waals surface area contributed by atoms with Gasteiger partial charge < -0.3 is 14.5 Å². The van der Waals surface area contributed by atoms with Crippen molar-refractivity contribution >= 4 is 11.8 Å². The van der Waals surface area contributed by atoms with Crippen molar-refractivity contribution in [1.29, 1.82) is 5.26 Å². The Kier molecular flexibility index (Phi) is 5.60. The minimum absolute atomic E-state index is 0.123. The Morgan fingerprint density at radius 1 is 1.10 bits per heavy atom. The van der Waals surface area contributed by atoms with E-state index in [-0.39, 0.29) is 18.2 Å². The molecule has 0 aliphatic carbocycles. The zero-order valence-corrected chi connectivity index (χ0v) is 17.2. The molecule has 0 spiro atoms. The third-order valence-corrected chi connectivity index (χ3v) is 5.87. The summed E-state index contributed by atoms with van der Waals surface area (Å²) in [5, 5.41) is 9.47. The molecule has 6 nitrogen and oxygen atoms in total. The number of hydrogen-bond acceptors (Lipinski definition) is 4. The van der Waals surface area contributed by atoms with Gasteiger partial charge in [-0.15, -0.1) is 0 Å². The van der Waals surface area contributed by atoms with Crippen molar-refractivity contribution in [3.05, 3.63) is 65.2 Å². The molecule has 6 heteroatoms. The van der Waals surface area contributed by atoms with Crippen LogP contribution in [0.2, 0.25) is 0 Å². The first-order valence-electron chi connectivity index (χ1n) is 9.48. The Bertz CT molecular complexity index is 967. The fraction of sp³-hybridized carbons (Fsp3) is 0.348. The lowest BCUT2D eigenvalue weighted by Crippen LogP contribution is -2.69. The Morgan fingerprint density at radius 2 is 1.79 bits per heavy atom. The number of carbonyl (C=O) groups excluding carboxylic acids is 2. The fourth-order valence-electron chi connectivity index (χ4n) is 3.97. The highest BCUT2D eigenvalue weighted by molar-refractivity contribution is 5.99. The lowest BCUT2D eigenvalue weighted by atomic mass is 9.84. The summed E-state index contributed by atoms with van der Waals surface area (Å²) in [6, 6.07) is 16.3. The van der Waals surface area contributed by atoms with Gasteiger partial charge in [-0.25, -0.2) is 0 Å². The number of likely N-dealkylation sites (N-methyl/N-ethyl adjacent to an activating group) is 2. The van der Waals surface area contributed by atoms with Gasteiger partial charge in [-0.3, -0.25) is 9.59 Å². The molecule has 1 heterocycles. The maximum Gasteiger partial charge on any atom is 0.249 e. The van der Waals surface area contributed by atoms with E-state index < -0.39 is 11.6 Å². The van der Waals surface area contributed by atoms with Crippen LogP contribution in [0.15, 0.2) is 48.5 Å². The van der Waals surface area contributed by atoms with Gasteiger partial charge in [-0.05, 0) is 24.6 Å². The van der Waals surface area contributed by atoms with Crippen LogP contribution in [0.5, 0.6) is 5.75 Å². The van der Waals surface area contributed by atoms with Crippen molar-refractivity contribution in [3.63, 3.8) is 0 Å². The van der Waals surface area contributed by atoms with Crippen LogP contribution in [0, 0.1) is 11.3 Å². The number of benzene rings is 2. The smallest absolute Gasteiger partial charge is 0.249 e. The number of ether oxygens (including phenoxy) is 1. The van der Waals surface area contributed by atoms with Gasteiger partial charge in [-0.2, -0.15) is 5.26 Å². The lowest BCUT2D eigenvalue weighted by Gasteiger charge is -2.48. The average Bonchev–Trinajstić information content (AvgIpc) is 2.74. The summed E-state index contributed by atoms with van der Waals surface area (Å²) in [7, 11) is 4.86. The van der Waals surface area contributed by atoms with Gasteiger partial charge in [0.05, 0.1) is 18.7 Å². The predicted molar refractivity (Wildman–Crippen MR) is 109 cm³/mol. The summed E-state index contributed by atoms with van der Waals surface area (Å²) in [4.78, 5) is 29.7. The van der Waals surface area contributed by atoms with E-state index in [0.29, 0.717) is 23.3 Å². The molecule has 0 radical (unpaired) electrons. The molecule has 1 fully saturated rings. The molecule has 0 bridgehead atoms. The molecule has 0 saturated carbocycles. The number of carbonyl (C=O) groups is 2. The minimum Gasteiger partial charge on any atom is -0.496 e. The predicted octanol–water partition coefficient (Wildman–Crippen LogP) is 2.41. The molecule has 0 N–H and O–H groups in total. The highest BCUT2D eigenvalue weighted by Gasteiger charge is 2.50. The summed E-state index contributed by atoms with van der Waals surface area (Å²) in [6.45, 7) is 1.80. The van der Waals surface area contributed by atoms with Crippen LogP contribution in [0.4, 0.5) is 0 Å². The number of amides is 2. The molecular weight excluding hydrogens is 366 g/mol. The highest BCUT2D eigenvalue weighted by atomic mass is 16.5. The summed E-state index contributed by atoms with van der Waals surface area (Å²) < 4.78 is 5.39. The number of piperazine rings is 1. The maximum atomic E-state index is 13.4. The maximum absolute atomic E-state index is 13.4. The molecular formula is C23H25N3O3. The molecule has 29 heavy (non-hydrogen) atoms. The van der Waals surface area contributed by atoms with Crippen molar-refractivity contribution in [2.75, 3.05) is 21.2 Å². The van der Waals surface area contributed by atoms with Crippen LogP contribution in [-0.4, -0.2) is 54.4 Å². The van der Waals surface area contributed by atoms with Gasteiger partial charge in [-0.1, -0.05) is 36.4 Å². The highest BCUT2D eigenvalue weighted by Crippen LogP contribution is 2.32. The third kappa shape index (κ3) is 3.56. The van der Waals surface area contributed by atoms with Gasteiger partial charge >= 0.3 is 0 Å². The third-order valence-electron chi connectivity index (χ3n) is 5.87. The van der Waals surface area contributed by atoms with E-state index in [2.05, 4.69) is 6.07 Å². The number of methoxy groups -OCH3 is 1. The SMILES string of the molecule is COc1cccc(C#N)c1CC1C(=O)N(C)C(C)(Cc2ccccc2)C(=O)N1C. The standard InChI is InChI=1S/C23H25N3O3/c1-23(14-16-9-6-5-7-10-16)22(28)25(2)19(21(27)26(23)3)13-18-17(15-24)11-8-12-20(18)29-4/h5-12,19H,13-14H2,1-4H3. The molecule has 2 unspecified atom stereocenters. The number of nitriles is 1. The van der Waals surface area contributed by atoms with Crippen molar-refractivity contribution < 1.29 is 14.3 Å². The first-order chi connectivity index (χ1) is 13.8. The molecule has 3 rings (SSSR count). The molecule has 2 aromatic carbocycles. The summed E-state index contributed by atoms with van der Waals surface area (Å²) >= 11 is 0. The first kappa shape index (κ1) is 20.4. The van der Waals surface area contributed by atoms with Crippen molar-refractivity contribution in [1.82, 2.24) is 9.80 Å². The zero-order chi connectivity index (χ0) is 21.2. The summed E-state index contributed by atoms with van der Waals surface area (Å²) in [6.07, 6.45) is 0.657. The van der Waals surface area contributed by atoms with Crippen LogP contribution in [0.3, 0.4) is 0 Å². The van der Waals surface area contributed by atoms with Crippen LogP contribution in [-0.2, 0) is 22.4 Å². The van der Waals surface area contributed by atoms with E-state index in [1.807, 2.05) is 30.3 Å². The van der Waals surface area contributed by atoms with Crippen LogP contribution in [0.1, 0.15) is 23.6 Å². The van der Waals surface area contributed by atoms with Gasteiger partial charge in [0.15, 0.2) is 0 Å². The second kappa shape index (κ2) is 7.96. The van der Waals surface area contributed by atoms with Gasteiger partial charge in [0.2, 0.25) is 11.8 Å². The topological polar surface area (TPSA) is 73.6 Å². The molecule has 2 atom stereocenters. The normalized spacial score (nSPS) is 21.8. The van der Waals surface area contributed by atoms with Crippen LogP contribution in [0.25, 0.3) is 0 Å². The van der Waals surface area contributed by atoms with Crippen LogP contribution >= 0.6 is 0 Å². The van der Waals surface area contributed by atoms with Crippen molar-refractivity contribution in [3.8, 4) is 11.8 Å². The van der Waals surface area contributed by atoms with E-state index in [1.54, 1.807) is 44.1 Å². The Labute approximate surface area is 171 Å². The van der Waals surface area contributed by atoms with Gasteiger partial charge in [0, 0.05) is 32.5 Å². The molecule has 1 saturated heterocycles. The first-order valence-corrected chi connectivity index (χ1v) is 9.48. The average molecular weight is 391 g/mol. The number of nitrogens with zero attached hydrogens (tertiary/aromatic N) is 3. The fourth-order valence-corrected chi connectivity index (χ4v) is 3.97. The lowest BCUT2D eigenvalue weighted by molar-refractivity contribution is -0.166. The van der Waals surface area contributed by atoms with Gasteiger partial charge in [0.25, 0.3) is 0 Å². The molecule has 1 aliphatic rings. The molecule has 2 amide bonds. The minimum atomic E-state index is -0.970. The largest absolute Gasteiger partial charge is 0.496 e. The molecule has 150 valence electrons. The Hall–Kier alpha value is -3.33. The molecule has 1 aliphatic heterocycles. The van der Waals surface area contributed by atoms with E-state index in [9.17, 15) is 14.9 Å². The second-order valence-electron chi connectivity index (χ2n) is 7.57. The zero-order valence-electron chi connectivity index (χ0n) is 17.2. The number of rotatable bonds is 5. The monoisotopic (exact) mass is 391 g/mol. The molecule has 2 aromatic rings. The van der Waals surface area contributed by atoms with Crippen LogP contribution < -0.4 is 4.74 Å². The van der Waals surface area contributed by atoms with Gasteiger partial charge in [0.1, 0.15) is 17.3 Å². The second-order valence-corrected chi connectivity index (χ2v) is 7.57. The summed E-state index contributed by atoms with van der Waals surface area (Å²) in [5.41, 5.74) is 1.10. The van der Waals surface area contributed by atoms with E-state index in [0.717, 1.165) is 5.56 Å². The summed E-state index contributed by atoms with van der Waals surface area (Å²) in [5.74, 6) is 0.264. The van der Waals surface area contributed by atoms with E-state index in [1.165, 1.54) is 12.0 Å². The van der Waals surface area contributed by atoms with Crippen molar-refractivity contribution in [2.24, 2.45) is 0 Å². The van der Waals surface area contributed by atoms with E-state index in [4.69, 9.17) is 4.74 Å².